The van der Waals surface area contributed by atoms with E-state index in [1.54, 1.807) is 29.2 Å². The maximum Gasteiger partial charge on any atom is 0.307 e. The van der Waals surface area contributed by atoms with Crippen molar-refractivity contribution in [1.82, 2.24) is 9.80 Å². The average Bonchev–Trinajstić information content (AvgIpc) is 3.08. The molecule has 7 heteroatoms. The number of rotatable bonds is 4. The van der Waals surface area contributed by atoms with Crippen molar-refractivity contribution in [2.75, 3.05) is 13.1 Å². The zero-order valence-electron chi connectivity index (χ0n) is 18.3. The molecule has 0 saturated heterocycles. The molecule has 5 rings (SSSR count). The van der Waals surface area contributed by atoms with Gasteiger partial charge in [0.15, 0.2) is 0 Å². The Bertz CT molecular complexity index is 1110. The maximum absolute atomic E-state index is 13.7. The number of nitrogens with zero attached hydrogens (tertiary/aromatic N) is 2. The Morgan fingerprint density at radius 3 is 2.15 bits per heavy atom. The van der Waals surface area contributed by atoms with Crippen molar-refractivity contribution in [3.05, 3.63) is 70.8 Å². The molecule has 3 aliphatic rings. The number of hydrogen-bond acceptors (Lipinski definition) is 4. The van der Waals surface area contributed by atoms with Crippen molar-refractivity contribution in [2.45, 2.75) is 38.1 Å². The van der Waals surface area contributed by atoms with Crippen LogP contribution in [-0.4, -0.2) is 51.7 Å². The zero-order valence-corrected chi connectivity index (χ0v) is 18.3. The molecule has 3 atom stereocenters. The van der Waals surface area contributed by atoms with Crippen molar-refractivity contribution in [1.29, 1.82) is 0 Å². The van der Waals surface area contributed by atoms with E-state index in [4.69, 9.17) is 0 Å². The lowest BCUT2D eigenvalue weighted by Gasteiger charge is -2.42. The van der Waals surface area contributed by atoms with E-state index in [1.165, 1.54) is 4.90 Å². The minimum Gasteiger partial charge on any atom is -0.481 e. The van der Waals surface area contributed by atoms with Crippen LogP contribution in [0.15, 0.2) is 48.5 Å². The molecule has 3 amide bonds. The Hall–Kier alpha value is -3.48. The highest BCUT2D eigenvalue weighted by molar-refractivity contribution is 6.21. The van der Waals surface area contributed by atoms with Gasteiger partial charge in [0.1, 0.15) is 0 Å². The van der Waals surface area contributed by atoms with Gasteiger partial charge in [-0.05, 0) is 42.5 Å². The summed E-state index contributed by atoms with van der Waals surface area (Å²) in [7, 11) is 0. The fourth-order valence-corrected chi connectivity index (χ4v) is 5.63. The van der Waals surface area contributed by atoms with Crippen LogP contribution < -0.4 is 0 Å². The number of aliphatic carboxylic acids is 1. The van der Waals surface area contributed by atoms with Gasteiger partial charge < -0.3 is 10.0 Å². The third-order valence-electron chi connectivity index (χ3n) is 7.33. The third kappa shape index (κ3) is 3.61. The predicted molar refractivity (Wildman–Crippen MR) is 119 cm³/mol. The molecule has 2 aromatic rings. The molecular formula is C26H26N2O5. The average molecular weight is 447 g/mol. The summed E-state index contributed by atoms with van der Waals surface area (Å²) in [5.41, 5.74) is 2.75. The monoisotopic (exact) mass is 446 g/mol. The first-order valence-electron chi connectivity index (χ1n) is 11.5. The Balaban J connectivity index is 1.48. The minimum absolute atomic E-state index is 0.0551. The van der Waals surface area contributed by atoms with Crippen molar-refractivity contribution in [3.63, 3.8) is 0 Å². The lowest BCUT2D eigenvalue weighted by atomic mass is 9.77. The number of carboxylic acid groups (broad SMARTS) is 1. The molecule has 1 N–H and O–H groups in total. The van der Waals surface area contributed by atoms with Crippen molar-refractivity contribution >= 4 is 23.7 Å². The normalized spacial score (nSPS) is 24.4. The van der Waals surface area contributed by atoms with Crippen molar-refractivity contribution in [3.8, 4) is 0 Å². The molecule has 170 valence electrons. The van der Waals surface area contributed by atoms with E-state index in [0.29, 0.717) is 36.9 Å². The lowest BCUT2D eigenvalue weighted by Crippen LogP contribution is -2.50. The van der Waals surface area contributed by atoms with E-state index in [1.807, 2.05) is 24.3 Å². The Morgan fingerprint density at radius 2 is 1.48 bits per heavy atom. The molecule has 2 heterocycles. The molecule has 0 spiro atoms. The van der Waals surface area contributed by atoms with Crippen LogP contribution in [0.3, 0.4) is 0 Å². The Labute approximate surface area is 192 Å². The number of carboxylic acids is 1. The van der Waals surface area contributed by atoms with E-state index in [2.05, 4.69) is 0 Å². The number of fused-ring (bicyclic) bond motifs is 2. The maximum atomic E-state index is 13.7. The first-order valence-corrected chi connectivity index (χ1v) is 11.5. The molecule has 0 unspecified atom stereocenters. The van der Waals surface area contributed by atoms with E-state index in [9.17, 15) is 24.3 Å². The molecule has 1 saturated carbocycles. The summed E-state index contributed by atoms with van der Waals surface area (Å²) in [6, 6.07) is 14.0. The highest BCUT2D eigenvalue weighted by Gasteiger charge is 2.44. The van der Waals surface area contributed by atoms with Crippen LogP contribution in [0, 0.1) is 11.8 Å². The molecule has 1 fully saturated rings. The molecule has 0 radical (unpaired) electrons. The summed E-state index contributed by atoms with van der Waals surface area (Å²) in [5.74, 6) is -3.09. The topological polar surface area (TPSA) is 95.0 Å². The third-order valence-corrected chi connectivity index (χ3v) is 7.33. The Kier molecular flexibility index (Phi) is 5.48. The highest BCUT2D eigenvalue weighted by Crippen LogP contribution is 2.38. The molecule has 2 aliphatic heterocycles. The van der Waals surface area contributed by atoms with Crippen molar-refractivity contribution in [2.24, 2.45) is 11.8 Å². The fourth-order valence-electron chi connectivity index (χ4n) is 5.63. The number of amides is 3. The molecular weight excluding hydrogens is 420 g/mol. The van der Waals surface area contributed by atoms with Gasteiger partial charge in [-0.3, -0.25) is 24.1 Å². The highest BCUT2D eigenvalue weighted by atomic mass is 16.4. The zero-order chi connectivity index (χ0) is 23.1. The predicted octanol–water partition coefficient (Wildman–Crippen LogP) is 3.30. The minimum atomic E-state index is -0.928. The summed E-state index contributed by atoms with van der Waals surface area (Å²) in [5, 5.41) is 9.71. The number of benzene rings is 2. The summed E-state index contributed by atoms with van der Waals surface area (Å²) in [4.78, 5) is 54.6. The van der Waals surface area contributed by atoms with Gasteiger partial charge in [-0.15, -0.1) is 0 Å². The van der Waals surface area contributed by atoms with Crippen molar-refractivity contribution < 1.29 is 24.3 Å². The fraction of sp³-hybridized carbons (Fsp3) is 0.385. The quantitative estimate of drug-likeness (QED) is 0.727. The van der Waals surface area contributed by atoms with Crippen LogP contribution in [0.4, 0.5) is 0 Å². The second-order valence-corrected chi connectivity index (χ2v) is 9.10. The van der Waals surface area contributed by atoms with Gasteiger partial charge in [-0.2, -0.15) is 0 Å². The van der Waals surface area contributed by atoms with Crippen LogP contribution in [0.1, 0.15) is 63.6 Å². The van der Waals surface area contributed by atoms with Gasteiger partial charge in [0.25, 0.3) is 11.8 Å². The molecule has 0 aromatic heterocycles. The van der Waals surface area contributed by atoms with Gasteiger partial charge in [0.2, 0.25) is 5.91 Å². The van der Waals surface area contributed by atoms with E-state index in [0.717, 1.165) is 24.0 Å². The molecule has 1 aliphatic carbocycles. The van der Waals surface area contributed by atoms with Gasteiger partial charge in [-0.25, -0.2) is 0 Å². The van der Waals surface area contributed by atoms with Crippen LogP contribution in [-0.2, 0) is 16.0 Å². The Morgan fingerprint density at radius 1 is 0.879 bits per heavy atom. The van der Waals surface area contributed by atoms with Gasteiger partial charge >= 0.3 is 5.97 Å². The second-order valence-electron chi connectivity index (χ2n) is 9.10. The number of carbonyl (C=O) groups excluding carboxylic acids is 3. The lowest BCUT2D eigenvalue weighted by molar-refractivity contribution is -0.153. The van der Waals surface area contributed by atoms with E-state index >= 15 is 0 Å². The summed E-state index contributed by atoms with van der Waals surface area (Å²) in [6.07, 6.45) is 3.34. The SMILES string of the molecule is O=C(O)[C@@H]1CCCC[C@H]1C(=O)N1CCc2ccccc2[C@H]1CN1C(=O)c2ccccc2C1=O. The van der Waals surface area contributed by atoms with Gasteiger partial charge in [-0.1, -0.05) is 49.2 Å². The van der Waals surface area contributed by atoms with Gasteiger partial charge in [0.05, 0.1) is 35.5 Å². The van der Waals surface area contributed by atoms with Crippen LogP contribution >= 0.6 is 0 Å². The summed E-state index contributed by atoms with van der Waals surface area (Å²) >= 11 is 0. The van der Waals surface area contributed by atoms with Crippen LogP contribution in [0.5, 0.6) is 0 Å². The molecule has 2 aromatic carbocycles. The molecule has 7 nitrogen and oxygen atoms in total. The molecule has 0 bridgehead atoms. The standard InChI is InChI=1S/C26H26N2O5/c29-23(20-11-5-6-12-21(20)26(32)33)27-14-13-16-7-1-2-8-17(16)22(27)15-28-24(30)18-9-3-4-10-19(18)25(28)31/h1-4,7-10,20-22H,5-6,11-15H2,(H,32,33)/t20-,21-,22-/m1/s1. The number of carbonyl (C=O) groups is 4. The summed E-state index contributed by atoms with van der Waals surface area (Å²) in [6.45, 7) is 0.492. The van der Waals surface area contributed by atoms with E-state index < -0.39 is 23.8 Å². The number of hydrogen-bond donors (Lipinski definition) is 1. The van der Waals surface area contributed by atoms with Gasteiger partial charge in [0, 0.05) is 6.54 Å². The first-order chi connectivity index (χ1) is 16.0. The summed E-state index contributed by atoms with van der Waals surface area (Å²) < 4.78 is 0. The first kappa shape index (κ1) is 21.4. The van der Waals surface area contributed by atoms with E-state index in [-0.39, 0.29) is 24.3 Å². The van der Waals surface area contributed by atoms with Crippen LogP contribution in [0.25, 0.3) is 0 Å². The van der Waals surface area contributed by atoms with Crippen LogP contribution in [0.2, 0.25) is 0 Å². The second kappa shape index (κ2) is 8.46. The molecule has 33 heavy (non-hydrogen) atoms. The number of imide groups is 1. The largest absolute Gasteiger partial charge is 0.481 e. The smallest absolute Gasteiger partial charge is 0.307 e.